The molecule has 0 saturated carbocycles. The first-order valence-electron chi connectivity index (χ1n) is 10.5. The number of ether oxygens (including phenoxy) is 3. The van der Waals surface area contributed by atoms with E-state index < -0.39 is 0 Å². The van der Waals surface area contributed by atoms with Gasteiger partial charge in [-0.15, -0.1) is 0 Å². The van der Waals surface area contributed by atoms with Crippen LogP contribution < -0.4 is 19.5 Å². The summed E-state index contributed by atoms with van der Waals surface area (Å²) in [6.45, 7) is 2.00. The Morgan fingerprint density at radius 3 is 2.50 bits per heavy atom. The summed E-state index contributed by atoms with van der Waals surface area (Å²) in [4.78, 5) is 6.46. The van der Waals surface area contributed by atoms with Gasteiger partial charge in [0.15, 0.2) is 11.5 Å². The highest BCUT2D eigenvalue weighted by molar-refractivity contribution is 6.37. The van der Waals surface area contributed by atoms with E-state index in [4.69, 9.17) is 42.5 Å². The van der Waals surface area contributed by atoms with Crippen LogP contribution in [0.3, 0.4) is 0 Å². The van der Waals surface area contributed by atoms with Crippen LogP contribution in [0.15, 0.2) is 30.5 Å². The van der Waals surface area contributed by atoms with Gasteiger partial charge in [0, 0.05) is 36.8 Å². The number of nitrogens with one attached hydrogen (secondary N) is 1. The maximum absolute atomic E-state index is 9.69. The largest absolute Gasteiger partial charge is 0.495 e. The van der Waals surface area contributed by atoms with Crippen LogP contribution in [0.4, 0.5) is 11.4 Å². The molecule has 0 fully saturated rings. The lowest BCUT2D eigenvalue weighted by atomic mass is 10.1. The number of fused-ring (bicyclic) bond motifs is 1. The molecule has 0 unspecified atom stereocenters. The number of aliphatic hydroxyl groups is 1. The summed E-state index contributed by atoms with van der Waals surface area (Å²) in [6.07, 6.45) is 2.27. The first-order chi connectivity index (χ1) is 16.4. The number of aromatic nitrogens is 1. The van der Waals surface area contributed by atoms with Crippen LogP contribution in [0.2, 0.25) is 10.0 Å². The van der Waals surface area contributed by atoms with Gasteiger partial charge in [0.1, 0.15) is 11.8 Å². The highest BCUT2D eigenvalue weighted by Gasteiger charge is 2.16. The number of likely N-dealkylation sites (N-methyl/N-ethyl adjacent to an activating group) is 1. The fraction of sp³-hybridized carbons (Fsp3) is 0.333. The number of methoxy groups -OCH3 is 2. The fourth-order valence-corrected chi connectivity index (χ4v) is 3.91. The molecule has 0 aliphatic heterocycles. The molecule has 2 N–H and O–H groups in total. The molecule has 3 rings (SSSR count). The van der Waals surface area contributed by atoms with Gasteiger partial charge in [0.05, 0.1) is 59.9 Å². The first kappa shape index (κ1) is 25.7. The van der Waals surface area contributed by atoms with Crippen molar-refractivity contribution in [3.8, 4) is 23.3 Å². The predicted molar refractivity (Wildman–Crippen MR) is 134 cm³/mol. The molecule has 34 heavy (non-hydrogen) atoms. The van der Waals surface area contributed by atoms with Crippen molar-refractivity contribution >= 4 is 45.5 Å². The third-order valence-corrected chi connectivity index (χ3v) is 5.81. The van der Waals surface area contributed by atoms with Gasteiger partial charge < -0.3 is 29.5 Å². The third-order valence-electron chi connectivity index (χ3n) is 5.20. The molecule has 180 valence electrons. The van der Waals surface area contributed by atoms with E-state index in [0.717, 1.165) is 13.0 Å². The summed E-state index contributed by atoms with van der Waals surface area (Å²) in [5.41, 5.74) is 2.00. The maximum Gasteiger partial charge on any atom is 0.163 e. The topological polar surface area (TPSA) is 99.9 Å². The Bertz CT molecular complexity index is 1200. The average molecular weight is 505 g/mol. The summed E-state index contributed by atoms with van der Waals surface area (Å²) < 4.78 is 16.8. The van der Waals surface area contributed by atoms with Crippen molar-refractivity contribution in [1.82, 2.24) is 9.88 Å². The first-order valence-corrected chi connectivity index (χ1v) is 11.3. The predicted octanol–water partition coefficient (Wildman–Crippen LogP) is 4.87. The Balaban J connectivity index is 1.94. The third kappa shape index (κ3) is 5.93. The summed E-state index contributed by atoms with van der Waals surface area (Å²) >= 11 is 12.5. The molecular weight excluding hydrogens is 479 g/mol. The molecule has 0 aliphatic rings. The molecule has 1 heterocycles. The van der Waals surface area contributed by atoms with Gasteiger partial charge in [-0.05, 0) is 25.6 Å². The minimum absolute atomic E-state index is 0.122. The Morgan fingerprint density at radius 1 is 1.06 bits per heavy atom. The molecule has 3 aromatic rings. The number of aliphatic hydroxyl groups excluding tert-OH is 1. The zero-order valence-corrected chi connectivity index (χ0v) is 20.7. The highest BCUT2D eigenvalue weighted by Crippen LogP contribution is 2.40. The van der Waals surface area contributed by atoms with Gasteiger partial charge >= 0.3 is 0 Å². The number of nitrogens with zero attached hydrogens (tertiary/aromatic N) is 3. The number of anilines is 2. The van der Waals surface area contributed by atoms with Crippen LogP contribution in [0.5, 0.6) is 17.2 Å². The van der Waals surface area contributed by atoms with E-state index in [-0.39, 0.29) is 6.61 Å². The van der Waals surface area contributed by atoms with Crippen molar-refractivity contribution in [2.24, 2.45) is 0 Å². The number of rotatable bonds is 11. The van der Waals surface area contributed by atoms with Crippen LogP contribution in [0.1, 0.15) is 12.0 Å². The lowest BCUT2D eigenvalue weighted by Crippen LogP contribution is -2.24. The fourth-order valence-electron chi connectivity index (χ4n) is 3.41. The number of nitriles is 1. The van der Waals surface area contributed by atoms with E-state index in [2.05, 4.69) is 16.4 Å². The van der Waals surface area contributed by atoms with Crippen LogP contribution in [0, 0.1) is 11.3 Å². The number of halogens is 2. The molecule has 1 aromatic heterocycles. The van der Waals surface area contributed by atoms with E-state index in [0.29, 0.717) is 68.3 Å². The van der Waals surface area contributed by atoms with Crippen LogP contribution in [-0.4, -0.2) is 62.6 Å². The Labute approximate surface area is 208 Å². The van der Waals surface area contributed by atoms with Gasteiger partial charge in [-0.25, -0.2) is 0 Å². The molecular formula is C24H26Cl2N4O4. The van der Waals surface area contributed by atoms with Crippen LogP contribution >= 0.6 is 23.2 Å². The van der Waals surface area contributed by atoms with E-state index >= 15 is 0 Å². The molecule has 0 amide bonds. The second-order valence-electron chi connectivity index (χ2n) is 7.50. The number of benzene rings is 2. The van der Waals surface area contributed by atoms with E-state index in [1.54, 1.807) is 31.4 Å². The van der Waals surface area contributed by atoms with Gasteiger partial charge in [-0.1, -0.05) is 23.2 Å². The second-order valence-corrected chi connectivity index (χ2v) is 8.31. The Kier molecular flexibility index (Phi) is 9.02. The smallest absolute Gasteiger partial charge is 0.163 e. The van der Waals surface area contributed by atoms with Crippen molar-refractivity contribution in [3.63, 3.8) is 0 Å². The lowest BCUT2D eigenvalue weighted by Gasteiger charge is -2.17. The minimum Gasteiger partial charge on any atom is -0.495 e. The standard InChI is InChI=1S/C24H26Cl2N4O4/c1-30(6-7-31)5-4-8-34-23-11-19-16(9-22(23)33-3)24(15(13-27)14-28-19)29-20-12-21(32-2)18(26)10-17(20)25/h9-12,14,31H,4-8H2,1-3H3,(H,28,29). The van der Waals surface area contributed by atoms with E-state index in [9.17, 15) is 5.26 Å². The van der Waals surface area contributed by atoms with Crippen molar-refractivity contribution < 1.29 is 19.3 Å². The normalized spacial score (nSPS) is 10.9. The Morgan fingerprint density at radius 2 is 1.82 bits per heavy atom. The van der Waals surface area contributed by atoms with E-state index in [1.165, 1.54) is 13.3 Å². The summed E-state index contributed by atoms with van der Waals surface area (Å²) in [5.74, 6) is 1.51. The molecule has 10 heteroatoms. The number of hydrogen-bond donors (Lipinski definition) is 2. The van der Waals surface area contributed by atoms with Crippen LogP contribution in [0.25, 0.3) is 10.9 Å². The summed E-state index contributed by atoms with van der Waals surface area (Å²) in [6, 6.07) is 8.96. The number of hydrogen-bond acceptors (Lipinski definition) is 8. The highest BCUT2D eigenvalue weighted by atomic mass is 35.5. The summed E-state index contributed by atoms with van der Waals surface area (Å²) in [5, 5.41) is 23.3. The van der Waals surface area contributed by atoms with Gasteiger partial charge in [0.2, 0.25) is 0 Å². The second kappa shape index (κ2) is 12.0. The maximum atomic E-state index is 9.69. The molecule has 0 bridgehead atoms. The average Bonchev–Trinajstić information content (AvgIpc) is 2.83. The monoisotopic (exact) mass is 504 g/mol. The molecule has 2 aromatic carbocycles. The van der Waals surface area contributed by atoms with Gasteiger partial charge in [-0.3, -0.25) is 4.98 Å². The molecule has 0 radical (unpaired) electrons. The van der Waals surface area contributed by atoms with Crippen molar-refractivity contribution in [2.45, 2.75) is 6.42 Å². The SMILES string of the molecule is COc1cc(Nc2c(C#N)cnc3cc(OCCCN(C)CCO)c(OC)cc23)c(Cl)cc1Cl. The van der Waals surface area contributed by atoms with Gasteiger partial charge in [-0.2, -0.15) is 5.26 Å². The van der Waals surface area contributed by atoms with Crippen molar-refractivity contribution in [2.75, 3.05) is 52.9 Å². The Hall–Kier alpha value is -2.96. The molecule has 0 atom stereocenters. The molecule has 0 saturated heterocycles. The summed E-state index contributed by atoms with van der Waals surface area (Å²) in [7, 11) is 5.01. The van der Waals surface area contributed by atoms with E-state index in [1.807, 2.05) is 11.9 Å². The van der Waals surface area contributed by atoms with Gasteiger partial charge in [0.25, 0.3) is 0 Å². The van der Waals surface area contributed by atoms with Crippen molar-refractivity contribution in [1.29, 1.82) is 5.26 Å². The lowest BCUT2D eigenvalue weighted by molar-refractivity contribution is 0.206. The zero-order chi connectivity index (χ0) is 24.7. The minimum atomic E-state index is 0.122. The molecule has 8 nitrogen and oxygen atoms in total. The molecule has 0 spiro atoms. The molecule has 0 aliphatic carbocycles. The zero-order valence-electron chi connectivity index (χ0n) is 19.2. The van der Waals surface area contributed by atoms with Crippen molar-refractivity contribution in [3.05, 3.63) is 46.1 Å². The van der Waals surface area contributed by atoms with Crippen LogP contribution in [-0.2, 0) is 0 Å². The number of pyridine rings is 1. The quantitative estimate of drug-likeness (QED) is 0.356.